The Kier molecular flexibility index (Phi) is 5.53. The number of anilines is 1. The standard InChI is InChI=1S/C18H26N4O3/c19-18(23)15-6-10-21(11-7-15)17-12-14(4-5-16(17)22(24)25)13-20-8-2-1-3-9-20/h4-5,12,15H,1-3,6-11,13H2,(H2,19,23). The van der Waals surface area contributed by atoms with Crippen LogP contribution in [0.5, 0.6) is 0 Å². The van der Waals surface area contributed by atoms with Gasteiger partial charge in [0.15, 0.2) is 0 Å². The van der Waals surface area contributed by atoms with E-state index < -0.39 is 0 Å². The van der Waals surface area contributed by atoms with Crippen LogP contribution in [0.3, 0.4) is 0 Å². The monoisotopic (exact) mass is 346 g/mol. The molecule has 1 amide bonds. The summed E-state index contributed by atoms with van der Waals surface area (Å²) in [4.78, 5) is 26.9. The van der Waals surface area contributed by atoms with Gasteiger partial charge in [0.25, 0.3) is 5.69 Å². The highest BCUT2D eigenvalue weighted by Gasteiger charge is 2.27. The molecule has 0 saturated carbocycles. The van der Waals surface area contributed by atoms with Gasteiger partial charge >= 0.3 is 0 Å². The molecule has 0 unspecified atom stereocenters. The summed E-state index contributed by atoms with van der Waals surface area (Å²) in [5, 5.41) is 11.4. The van der Waals surface area contributed by atoms with Crippen molar-refractivity contribution in [2.45, 2.75) is 38.6 Å². The quantitative estimate of drug-likeness (QED) is 0.652. The molecule has 1 aromatic carbocycles. The van der Waals surface area contributed by atoms with E-state index in [1.807, 2.05) is 17.0 Å². The number of nitro benzene ring substituents is 1. The Morgan fingerprint density at radius 2 is 1.84 bits per heavy atom. The summed E-state index contributed by atoms with van der Waals surface area (Å²) in [6.45, 7) is 4.28. The first kappa shape index (κ1) is 17.7. The number of carbonyl (C=O) groups excluding carboxylic acids is 1. The Morgan fingerprint density at radius 1 is 1.16 bits per heavy atom. The molecule has 2 fully saturated rings. The average molecular weight is 346 g/mol. The van der Waals surface area contributed by atoms with Crippen molar-refractivity contribution >= 4 is 17.3 Å². The topological polar surface area (TPSA) is 92.7 Å². The first-order chi connectivity index (χ1) is 12.0. The number of benzene rings is 1. The van der Waals surface area contributed by atoms with Gasteiger partial charge in [0.2, 0.25) is 5.91 Å². The molecule has 7 nitrogen and oxygen atoms in total. The predicted octanol–water partition coefficient (Wildman–Crippen LogP) is 2.28. The summed E-state index contributed by atoms with van der Waals surface area (Å²) in [7, 11) is 0. The van der Waals surface area contributed by atoms with Gasteiger partial charge in [-0.3, -0.25) is 19.8 Å². The van der Waals surface area contributed by atoms with Gasteiger partial charge in [0, 0.05) is 31.6 Å². The van der Waals surface area contributed by atoms with E-state index in [9.17, 15) is 14.9 Å². The van der Waals surface area contributed by atoms with Crippen molar-refractivity contribution < 1.29 is 9.72 Å². The number of piperidine rings is 2. The minimum atomic E-state index is -0.319. The summed E-state index contributed by atoms with van der Waals surface area (Å²) >= 11 is 0. The highest BCUT2D eigenvalue weighted by Crippen LogP contribution is 2.33. The van der Waals surface area contributed by atoms with E-state index in [0.29, 0.717) is 31.6 Å². The lowest BCUT2D eigenvalue weighted by atomic mass is 9.95. The largest absolute Gasteiger partial charge is 0.369 e. The third-order valence-corrected chi connectivity index (χ3v) is 5.33. The zero-order valence-corrected chi connectivity index (χ0v) is 14.5. The van der Waals surface area contributed by atoms with Gasteiger partial charge in [0.1, 0.15) is 5.69 Å². The molecular weight excluding hydrogens is 320 g/mol. The van der Waals surface area contributed by atoms with E-state index in [-0.39, 0.29) is 22.4 Å². The fourth-order valence-electron chi connectivity index (χ4n) is 3.86. The molecule has 25 heavy (non-hydrogen) atoms. The Bertz CT molecular complexity index is 635. The predicted molar refractivity (Wildman–Crippen MR) is 96.4 cm³/mol. The second kappa shape index (κ2) is 7.82. The van der Waals surface area contributed by atoms with Crippen molar-refractivity contribution in [3.8, 4) is 0 Å². The van der Waals surface area contributed by atoms with Crippen molar-refractivity contribution in [2.75, 3.05) is 31.1 Å². The van der Waals surface area contributed by atoms with Crippen LogP contribution in [0.15, 0.2) is 18.2 Å². The number of nitrogens with zero attached hydrogens (tertiary/aromatic N) is 3. The van der Waals surface area contributed by atoms with Crippen LogP contribution in [0.2, 0.25) is 0 Å². The number of amides is 1. The third kappa shape index (κ3) is 4.28. The Hall–Kier alpha value is -2.15. The van der Waals surface area contributed by atoms with Crippen molar-refractivity contribution in [1.82, 2.24) is 4.90 Å². The van der Waals surface area contributed by atoms with Crippen molar-refractivity contribution in [3.63, 3.8) is 0 Å². The van der Waals surface area contributed by atoms with Crippen LogP contribution in [0.25, 0.3) is 0 Å². The minimum absolute atomic E-state index is 0.119. The average Bonchev–Trinajstić information content (AvgIpc) is 2.62. The van der Waals surface area contributed by atoms with Crippen LogP contribution < -0.4 is 10.6 Å². The third-order valence-electron chi connectivity index (χ3n) is 5.33. The summed E-state index contributed by atoms with van der Waals surface area (Å²) in [5.74, 6) is -0.389. The second-order valence-electron chi connectivity index (χ2n) is 7.08. The lowest BCUT2D eigenvalue weighted by molar-refractivity contribution is -0.384. The number of hydrogen-bond acceptors (Lipinski definition) is 5. The first-order valence-corrected chi connectivity index (χ1v) is 9.08. The number of nitrogens with two attached hydrogens (primary N) is 1. The van der Waals surface area contributed by atoms with Crippen LogP contribution >= 0.6 is 0 Å². The molecule has 136 valence electrons. The molecule has 2 N–H and O–H groups in total. The number of primary amides is 1. The van der Waals surface area contributed by atoms with Crippen LogP contribution in [0.4, 0.5) is 11.4 Å². The molecule has 2 saturated heterocycles. The Labute approximate surface area is 147 Å². The fraction of sp³-hybridized carbons (Fsp3) is 0.611. The van der Waals surface area contributed by atoms with E-state index >= 15 is 0 Å². The molecule has 1 aromatic rings. The number of nitro groups is 1. The maximum atomic E-state index is 11.4. The van der Waals surface area contributed by atoms with Crippen LogP contribution in [-0.4, -0.2) is 41.9 Å². The lowest BCUT2D eigenvalue weighted by Crippen LogP contribution is -2.38. The van der Waals surface area contributed by atoms with E-state index in [1.165, 1.54) is 19.3 Å². The number of hydrogen-bond donors (Lipinski definition) is 1. The van der Waals surface area contributed by atoms with Crippen molar-refractivity contribution in [2.24, 2.45) is 11.7 Å². The summed E-state index contributed by atoms with van der Waals surface area (Å²) in [6, 6.07) is 5.44. The van der Waals surface area contributed by atoms with Crippen LogP contribution in [0.1, 0.15) is 37.7 Å². The molecule has 0 aliphatic carbocycles. The molecule has 2 aliphatic rings. The number of carbonyl (C=O) groups is 1. The number of likely N-dealkylation sites (tertiary alicyclic amines) is 1. The molecule has 2 heterocycles. The fourth-order valence-corrected chi connectivity index (χ4v) is 3.86. The van der Waals surface area contributed by atoms with E-state index in [0.717, 1.165) is 25.2 Å². The van der Waals surface area contributed by atoms with Crippen molar-refractivity contribution in [3.05, 3.63) is 33.9 Å². The molecule has 2 aliphatic heterocycles. The van der Waals surface area contributed by atoms with Crippen molar-refractivity contribution in [1.29, 1.82) is 0 Å². The van der Waals surface area contributed by atoms with Gasteiger partial charge in [-0.2, -0.15) is 0 Å². The molecule has 0 radical (unpaired) electrons. The minimum Gasteiger partial charge on any atom is -0.369 e. The van der Waals surface area contributed by atoms with Gasteiger partial charge in [-0.05, 0) is 50.4 Å². The lowest BCUT2D eigenvalue weighted by Gasteiger charge is -2.32. The Morgan fingerprint density at radius 3 is 2.44 bits per heavy atom. The first-order valence-electron chi connectivity index (χ1n) is 9.08. The molecule has 0 spiro atoms. The van der Waals surface area contributed by atoms with E-state index in [2.05, 4.69) is 4.90 Å². The molecule has 7 heteroatoms. The Balaban J connectivity index is 1.77. The van der Waals surface area contributed by atoms with E-state index in [1.54, 1.807) is 6.07 Å². The van der Waals surface area contributed by atoms with Crippen LogP contribution in [0, 0.1) is 16.0 Å². The zero-order chi connectivity index (χ0) is 17.8. The molecular formula is C18H26N4O3. The second-order valence-corrected chi connectivity index (χ2v) is 7.08. The summed E-state index contributed by atoms with van der Waals surface area (Å²) in [6.07, 6.45) is 5.05. The zero-order valence-electron chi connectivity index (χ0n) is 14.5. The van der Waals surface area contributed by atoms with Gasteiger partial charge < -0.3 is 10.6 Å². The van der Waals surface area contributed by atoms with E-state index in [4.69, 9.17) is 5.73 Å². The normalized spacial score (nSPS) is 19.8. The molecule has 0 bridgehead atoms. The molecule has 0 atom stereocenters. The number of rotatable bonds is 5. The maximum absolute atomic E-state index is 11.4. The molecule has 3 rings (SSSR count). The van der Waals surface area contributed by atoms with Gasteiger partial charge in [-0.25, -0.2) is 0 Å². The summed E-state index contributed by atoms with van der Waals surface area (Å²) < 4.78 is 0. The van der Waals surface area contributed by atoms with Gasteiger partial charge in [-0.15, -0.1) is 0 Å². The molecule has 0 aromatic heterocycles. The highest BCUT2D eigenvalue weighted by atomic mass is 16.6. The maximum Gasteiger partial charge on any atom is 0.292 e. The summed E-state index contributed by atoms with van der Waals surface area (Å²) in [5.41, 5.74) is 7.30. The van der Waals surface area contributed by atoms with Gasteiger partial charge in [-0.1, -0.05) is 12.5 Å². The van der Waals surface area contributed by atoms with Gasteiger partial charge in [0.05, 0.1) is 4.92 Å². The smallest absolute Gasteiger partial charge is 0.292 e. The highest BCUT2D eigenvalue weighted by molar-refractivity contribution is 5.77. The SMILES string of the molecule is NC(=O)C1CCN(c2cc(CN3CCCCC3)ccc2[N+](=O)[O-])CC1. The van der Waals surface area contributed by atoms with Crippen LogP contribution in [-0.2, 0) is 11.3 Å².